The number of carbonyl (C=O) groups excluding carboxylic acids is 1. The van der Waals surface area contributed by atoms with Crippen LogP contribution in [0.1, 0.15) is 21.5 Å². The van der Waals surface area contributed by atoms with E-state index in [1.165, 1.54) is 37.4 Å². The number of rotatable bonds is 6. The smallest absolute Gasteiger partial charge is 0.261 e. The van der Waals surface area contributed by atoms with E-state index in [-0.39, 0.29) is 10.5 Å². The molecule has 0 radical (unpaired) electrons. The third-order valence-corrected chi connectivity index (χ3v) is 6.15. The number of aryl methyl sites for hydroxylation is 2. The first-order valence-corrected chi connectivity index (χ1v) is 10.9. The second-order valence-electron chi connectivity index (χ2n) is 6.70. The summed E-state index contributed by atoms with van der Waals surface area (Å²) in [4.78, 5) is 12.7. The number of benzene rings is 3. The standard InChI is InChI=1S/C22H21ClN2O4S/c1-14-5-4-6-15(2)21(14)25-30(27,28)18-10-8-17(9-11-18)24-22(26)19-13-16(23)7-12-20(19)29-3/h4-13,25H,1-3H3,(H,24,26). The van der Waals surface area contributed by atoms with Crippen molar-refractivity contribution in [2.45, 2.75) is 18.7 Å². The highest BCUT2D eigenvalue weighted by Crippen LogP contribution is 2.26. The number of para-hydroxylation sites is 1. The van der Waals surface area contributed by atoms with Crippen molar-refractivity contribution in [3.63, 3.8) is 0 Å². The van der Waals surface area contributed by atoms with Crippen LogP contribution in [0.4, 0.5) is 11.4 Å². The summed E-state index contributed by atoms with van der Waals surface area (Å²) in [6.45, 7) is 3.68. The van der Waals surface area contributed by atoms with Crippen molar-refractivity contribution in [1.29, 1.82) is 0 Å². The molecule has 3 aromatic carbocycles. The van der Waals surface area contributed by atoms with E-state index in [0.29, 0.717) is 22.1 Å². The Kier molecular flexibility index (Phi) is 6.34. The van der Waals surface area contributed by atoms with Gasteiger partial charge in [0, 0.05) is 10.7 Å². The SMILES string of the molecule is COc1ccc(Cl)cc1C(=O)Nc1ccc(S(=O)(=O)Nc2c(C)cccc2C)cc1. The van der Waals surface area contributed by atoms with Gasteiger partial charge in [-0.2, -0.15) is 0 Å². The zero-order chi connectivity index (χ0) is 21.9. The second-order valence-corrected chi connectivity index (χ2v) is 8.81. The normalized spacial score (nSPS) is 11.1. The van der Waals surface area contributed by atoms with Gasteiger partial charge in [-0.3, -0.25) is 9.52 Å². The van der Waals surface area contributed by atoms with E-state index in [4.69, 9.17) is 16.3 Å². The molecule has 1 amide bonds. The molecular weight excluding hydrogens is 424 g/mol. The molecule has 8 heteroatoms. The molecule has 0 spiro atoms. The Morgan fingerprint density at radius 2 is 1.60 bits per heavy atom. The molecule has 0 aromatic heterocycles. The van der Waals surface area contributed by atoms with Crippen LogP contribution < -0.4 is 14.8 Å². The average molecular weight is 445 g/mol. The molecule has 0 unspecified atom stereocenters. The van der Waals surface area contributed by atoms with Crippen molar-refractivity contribution in [2.24, 2.45) is 0 Å². The van der Waals surface area contributed by atoms with E-state index in [1.54, 1.807) is 12.1 Å². The van der Waals surface area contributed by atoms with Crippen molar-refractivity contribution >= 4 is 38.9 Å². The summed E-state index contributed by atoms with van der Waals surface area (Å²) in [5.74, 6) is -0.0347. The largest absolute Gasteiger partial charge is 0.496 e. The van der Waals surface area contributed by atoms with Gasteiger partial charge in [-0.15, -0.1) is 0 Å². The number of methoxy groups -OCH3 is 1. The highest BCUT2D eigenvalue weighted by Gasteiger charge is 2.17. The summed E-state index contributed by atoms with van der Waals surface area (Å²) in [6.07, 6.45) is 0. The lowest BCUT2D eigenvalue weighted by molar-refractivity contribution is 0.102. The number of nitrogens with one attached hydrogen (secondary N) is 2. The van der Waals surface area contributed by atoms with Crippen LogP contribution in [0.2, 0.25) is 5.02 Å². The zero-order valence-corrected chi connectivity index (χ0v) is 18.3. The van der Waals surface area contributed by atoms with Gasteiger partial charge in [0.05, 0.1) is 23.3 Å². The molecule has 6 nitrogen and oxygen atoms in total. The van der Waals surface area contributed by atoms with Crippen molar-refractivity contribution in [1.82, 2.24) is 0 Å². The Hall–Kier alpha value is -3.03. The molecule has 3 rings (SSSR count). The maximum Gasteiger partial charge on any atom is 0.261 e. The van der Waals surface area contributed by atoms with Crippen LogP contribution in [0, 0.1) is 13.8 Å². The molecule has 0 saturated heterocycles. The van der Waals surface area contributed by atoms with Gasteiger partial charge in [0.2, 0.25) is 0 Å². The predicted octanol–water partition coefficient (Wildman–Crippen LogP) is 5.02. The number of hydrogen-bond acceptors (Lipinski definition) is 4. The first-order chi connectivity index (χ1) is 14.2. The number of amides is 1. The van der Waals surface area contributed by atoms with Gasteiger partial charge in [0.1, 0.15) is 5.75 Å². The molecule has 0 bridgehead atoms. The lowest BCUT2D eigenvalue weighted by atomic mass is 10.1. The molecule has 3 aromatic rings. The number of ether oxygens (including phenoxy) is 1. The molecule has 0 saturated carbocycles. The number of halogens is 1. The molecule has 0 aliphatic rings. The van der Waals surface area contributed by atoms with E-state index in [9.17, 15) is 13.2 Å². The van der Waals surface area contributed by atoms with Gasteiger partial charge in [-0.1, -0.05) is 29.8 Å². The first kappa shape index (κ1) is 21.7. The van der Waals surface area contributed by atoms with Crippen molar-refractivity contribution in [3.05, 3.63) is 82.4 Å². The minimum Gasteiger partial charge on any atom is -0.496 e. The van der Waals surface area contributed by atoms with Crippen molar-refractivity contribution < 1.29 is 17.9 Å². The van der Waals surface area contributed by atoms with Crippen LogP contribution in [-0.2, 0) is 10.0 Å². The van der Waals surface area contributed by atoms with E-state index < -0.39 is 15.9 Å². The van der Waals surface area contributed by atoms with Gasteiger partial charge < -0.3 is 10.1 Å². The first-order valence-electron chi connectivity index (χ1n) is 9.05. The van der Waals surface area contributed by atoms with E-state index >= 15 is 0 Å². The van der Waals surface area contributed by atoms with E-state index in [0.717, 1.165) is 11.1 Å². The lowest BCUT2D eigenvalue weighted by Gasteiger charge is -2.14. The van der Waals surface area contributed by atoms with Gasteiger partial charge in [-0.25, -0.2) is 8.42 Å². The fourth-order valence-electron chi connectivity index (χ4n) is 2.94. The molecule has 0 aliphatic heterocycles. The molecule has 2 N–H and O–H groups in total. The Bertz CT molecular complexity index is 1170. The van der Waals surface area contributed by atoms with Gasteiger partial charge in [-0.05, 0) is 67.4 Å². The Balaban J connectivity index is 1.79. The van der Waals surface area contributed by atoms with Gasteiger partial charge in [0.15, 0.2) is 0 Å². The Labute approximate surface area is 180 Å². The zero-order valence-electron chi connectivity index (χ0n) is 16.7. The van der Waals surface area contributed by atoms with Gasteiger partial charge >= 0.3 is 0 Å². The third-order valence-electron chi connectivity index (χ3n) is 4.55. The maximum absolute atomic E-state index is 12.8. The quantitative estimate of drug-likeness (QED) is 0.559. The van der Waals surface area contributed by atoms with Crippen LogP contribution in [-0.4, -0.2) is 21.4 Å². The average Bonchev–Trinajstić information content (AvgIpc) is 2.71. The van der Waals surface area contributed by atoms with E-state index in [2.05, 4.69) is 10.0 Å². The summed E-state index contributed by atoms with van der Waals surface area (Å²) in [6, 6.07) is 16.2. The minimum absolute atomic E-state index is 0.0866. The topological polar surface area (TPSA) is 84.5 Å². The van der Waals surface area contributed by atoms with E-state index in [1.807, 2.05) is 32.0 Å². The number of carbonyl (C=O) groups is 1. The summed E-state index contributed by atoms with van der Waals surface area (Å²) in [7, 11) is -2.31. The highest BCUT2D eigenvalue weighted by atomic mass is 35.5. The summed E-state index contributed by atoms with van der Waals surface area (Å²) < 4.78 is 33.3. The van der Waals surface area contributed by atoms with Gasteiger partial charge in [0.25, 0.3) is 15.9 Å². The number of hydrogen-bond donors (Lipinski definition) is 2. The third kappa shape index (κ3) is 4.75. The van der Waals surface area contributed by atoms with Crippen LogP contribution in [0.15, 0.2) is 65.6 Å². The maximum atomic E-state index is 12.8. The molecule has 156 valence electrons. The monoisotopic (exact) mass is 444 g/mol. The van der Waals surface area contributed by atoms with Crippen LogP contribution in [0.5, 0.6) is 5.75 Å². The number of anilines is 2. The molecule has 0 aliphatic carbocycles. The second kappa shape index (κ2) is 8.77. The lowest BCUT2D eigenvalue weighted by Crippen LogP contribution is -2.15. The summed E-state index contributed by atoms with van der Waals surface area (Å²) >= 11 is 5.97. The minimum atomic E-state index is -3.77. The molecule has 0 heterocycles. The van der Waals surface area contributed by atoms with Crippen LogP contribution >= 0.6 is 11.6 Å². The Morgan fingerprint density at radius 1 is 0.967 bits per heavy atom. The van der Waals surface area contributed by atoms with Crippen molar-refractivity contribution in [3.8, 4) is 5.75 Å². The molecular formula is C22H21ClN2O4S. The molecule has 30 heavy (non-hydrogen) atoms. The fraction of sp³-hybridized carbons (Fsp3) is 0.136. The summed E-state index contributed by atoms with van der Waals surface area (Å²) in [5.41, 5.74) is 2.94. The summed E-state index contributed by atoms with van der Waals surface area (Å²) in [5, 5.41) is 3.12. The van der Waals surface area contributed by atoms with Crippen LogP contribution in [0.25, 0.3) is 0 Å². The Morgan fingerprint density at radius 3 is 2.20 bits per heavy atom. The molecule has 0 atom stereocenters. The highest BCUT2D eigenvalue weighted by molar-refractivity contribution is 7.92. The van der Waals surface area contributed by atoms with Crippen molar-refractivity contribution in [2.75, 3.05) is 17.1 Å². The predicted molar refractivity (Wildman–Crippen MR) is 119 cm³/mol. The van der Waals surface area contributed by atoms with Crippen LogP contribution in [0.3, 0.4) is 0 Å². The number of sulfonamides is 1. The fourth-order valence-corrected chi connectivity index (χ4v) is 4.32. The molecule has 0 fully saturated rings.